The molecule has 0 rings (SSSR count). The van der Waals surface area contributed by atoms with Crippen LogP contribution in [0.3, 0.4) is 0 Å². The average molecular weight is 200 g/mol. The Labute approximate surface area is 52.2 Å². The Morgan fingerprint density at radius 1 is 1.83 bits per heavy atom. The summed E-state index contributed by atoms with van der Waals surface area (Å²) >= 11 is 2.32. The molecule has 0 aliphatic rings. The van der Waals surface area contributed by atoms with Gasteiger partial charge in [0.05, 0.1) is 6.61 Å². The highest BCUT2D eigenvalue weighted by Crippen LogP contribution is 1.95. The minimum absolute atomic E-state index is 0.646. The first-order valence-electron chi connectivity index (χ1n) is 1.90. The van der Waals surface area contributed by atoms with Crippen molar-refractivity contribution in [1.29, 1.82) is 0 Å². The highest BCUT2D eigenvalue weighted by molar-refractivity contribution is 14.1. The number of hydrogen-bond donors (Lipinski definition) is 0. The molecule has 0 radical (unpaired) electrons. The van der Waals surface area contributed by atoms with Crippen LogP contribution in [-0.2, 0) is 4.74 Å². The molecule has 0 aliphatic heterocycles. The van der Waals surface area contributed by atoms with Gasteiger partial charge in [-0.05, 0) is 0 Å². The van der Waals surface area contributed by atoms with Gasteiger partial charge < -0.3 is 4.74 Å². The van der Waals surface area contributed by atoms with Gasteiger partial charge >= 0.3 is 0 Å². The van der Waals surface area contributed by atoms with E-state index in [9.17, 15) is 0 Å². The summed E-state index contributed by atoms with van der Waals surface area (Å²) < 4.78 is 5.44. The van der Waals surface area contributed by atoms with Gasteiger partial charge in [-0.25, -0.2) is 0 Å². The lowest BCUT2D eigenvalue weighted by atomic mass is 10.5. The van der Waals surface area contributed by atoms with E-state index in [1.165, 1.54) is 0 Å². The van der Waals surface area contributed by atoms with Crippen LogP contribution in [0.15, 0.2) is 0 Å². The zero-order chi connectivity index (χ0) is 4.99. The Hall–Kier alpha value is 0.690. The van der Waals surface area contributed by atoms with Crippen LogP contribution in [0.1, 0.15) is 6.92 Å². The summed E-state index contributed by atoms with van der Waals surface area (Å²) in [6.07, 6.45) is 0. The molecular formula is C4H9IO. The van der Waals surface area contributed by atoms with Crippen molar-refractivity contribution in [1.82, 2.24) is 0 Å². The van der Waals surface area contributed by atoms with Gasteiger partial charge in [0.25, 0.3) is 0 Å². The van der Waals surface area contributed by atoms with Gasteiger partial charge in [0.2, 0.25) is 0 Å². The normalized spacial score (nSPS) is 14.5. The minimum atomic E-state index is 0.646. The quantitative estimate of drug-likeness (QED) is 0.484. The number of alkyl halides is 1. The third-order valence-corrected chi connectivity index (χ3v) is 0.756. The Balaban J connectivity index is 2.63. The lowest BCUT2D eigenvalue weighted by Gasteiger charge is -1.95. The molecule has 0 spiro atoms. The van der Waals surface area contributed by atoms with Crippen molar-refractivity contribution in [3.05, 3.63) is 0 Å². The van der Waals surface area contributed by atoms with E-state index in [2.05, 4.69) is 29.5 Å². The molecule has 0 aromatic carbocycles. The lowest BCUT2D eigenvalue weighted by Crippen LogP contribution is -1.98. The summed E-state index contributed by atoms with van der Waals surface area (Å²) in [5.41, 5.74) is 0. The molecule has 0 aromatic heterocycles. The van der Waals surface area contributed by atoms with Crippen LogP contribution in [0.5, 0.6) is 0 Å². The van der Waals surface area contributed by atoms with E-state index in [-0.39, 0.29) is 0 Å². The summed E-state index contributed by atoms with van der Waals surface area (Å²) in [6.45, 7) is 2.98. The van der Waals surface area contributed by atoms with Gasteiger partial charge in [0.1, 0.15) is 0 Å². The first kappa shape index (κ1) is 6.69. The second kappa shape index (κ2) is 3.87. The molecule has 0 saturated carbocycles. The second-order valence-electron chi connectivity index (χ2n) is 1.24. The predicted molar refractivity (Wildman–Crippen MR) is 35.4 cm³/mol. The molecule has 0 amide bonds. The van der Waals surface area contributed by atoms with Crippen molar-refractivity contribution in [2.75, 3.05) is 13.7 Å². The van der Waals surface area contributed by atoms with Crippen LogP contribution in [0.2, 0.25) is 0 Å². The van der Waals surface area contributed by atoms with Crippen molar-refractivity contribution in [3.63, 3.8) is 0 Å². The fraction of sp³-hybridized carbons (Fsp3) is 1.00. The smallest absolute Gasteiger partial charge is 0.0577 e. The zero-order valence-electron chi connectivity index (χ0n) is 4.07. The van der Waals surface area contributed by atoms with Gasteiger partial charge in [-0.3, -0.25) is 0 Å². The highest BCUT2D eigenvalue weighted by atomic mass is 127. The molecule has 0 unspecified atom stereocenters. The van der Waals surface area contributed by atoms with Crippen molar-refractivity contribution in [2.45, 2.75) is 10.8 Å². The van der Waals surface area contributed by atoms with Gasteiger partial charge in [-0.2, -0.15) is 0 Å². The maximum Gasteiger partial charge on any atom is 0.0577 e. The number of halogens is 1. The average Bonchev–Trinajstić information content (AvgIpc) is 1.35. The van der Waals surface area contributed by atoms with E-state index >= 15 is 0 Å². The second-order valence-corrected chi connectivity index (χ2v) is 3.36. The van der Waals surface area contributed by atoms with Crippen LogP contribution >= 0.6 is 22.6 Å². The van der Waals surface area contributed by atoms with Crippen molar-refractivity contribution in [2.24, 2.45) is 0 Å². The summed E-state index contributed by atoms with van der Waals surface area (Å²) in [5.74, 6) is 0. The summed E-state index contributed by atoms with van der Waals surface area (Å²) in [7, 11) is 1.72. The molecule has 1 atom stereocenters. The van der Waals surface area contributed by atoms with Gasteiger partial charge in [0, 0.05) is 11.0 Å². The number of methoxy groups -OCH3 is 1. The molecule has 0 fully saturated rings. The molecule has 0 aliphatic carbocycles. The van der Waals surface area contributed by atoms with E-state index in [4.69, 9.17) is 4.74 Å². The Kier molecular flexibility index (Phi) is 4.31. The molecule has 0 heterocycles. The monoisotopic (exact) mass is 200 g/mol. The van der Waals surface area contributed by atoms with Crippen LogP contribution in [0.4, 0.5) is 0 Å². The zero-order valence-corrected chi connectivity index (χ0v) is 6.23. The predicted octanol–water partition coefficient (Wildman–Crippen LogP) is 1.46. The van der Waals surface area contributed by atoms with Crippen molar-refractivity contribution < 1.29 is 4.74 Å². The topological polar surface area (TPSA) is 9.23 Å². The standard InChI is InChI=1S/C4H9IO/c1-4(5)3-6-2/h4H,3H2,1-2H3/t4-/m0/s1. The minimum Gasteiger partial charge on any atom is -0.384 e. The van der Waals surface area contributed by atoms with Gasteiger partial charge in [-0.15, -0.1) is 0 Å². The Morgan fingerprint density at radius 3 is 2.33 bits per heavy atom. The molecule has 0 saturated heterocycles. The van der Waals surface area contributed by atoms with E-state index < -0.39 is 0 Å². The van der Waals surface area contributed by atoms with Crippen LogP contribution in [0.25, 0.3) is 0 Å². The number of hydrogen-bond acceptors (Lipinski definition) is 1. The molecule has 0 N–H and O–H groups in total. The fourth-order valence-corrected chi connectivity index (χ4v) is 0.589. The SMILES string of the molecule is COC[C@H](C)I. The largest absolute Gasteiger partial charge is 0.384 e. The first-order chi connectivity index (χ1) is 2.77. The molecule has 1 nitrogen and oxygen atoms in total. The van der Waals surface area contributed by atoms with E-state index in [1.54, 1.807) is 7.11 Å². The Morgan fingerprint density at radius 2 is 2.33 bits per heavy atom. The lowest BCUT2D eigenvalue weighted by molar-refractivity contribution is 0.206. The molecule has 2 heteroatoms. The van der Waals surface area contributed by atoms with Crippen LogP contribution in [0, 0.1) is 0 Å². The first-order valence-corrected chi connectivity index (χ1v) is 3.15. The molecule has 6 heavy (non-hydrogen) atoms. The molecule has 0 aromatic rings. The van der Waals surface area contributed by atoms with Gasteiger partial charge in [0.15, 0.2) is 0 Å². The maximum atomic E-state index is 4.80. The summed E-state index contributed by atoms with van der Waals surface area (Å²) in [5, 5.41) is 0. The highest BCUT2D eigenvalue weighted by Gasteiger charge is 1.88. The summed E-state index contributed by atoms with van der Waals surface area (Å²) in [4.78, 5) is 0. The van der Waals surface area contributed by atoms with Crippen LogP contribution in [-0.4, -0.2) is 17.6 Å². The van der Waals surface area contributed by atoms with Crippen LogP contribution < -0.4 is 0 Å². The van der Waals surface area contributed by atoms with Crippen molar-refractivity contribution >= 4 is 22.6 Å². The summed E-state index contributed by atoms with van der Waals surface area (Å²) in [6, 6.07) is 0. The molecule has 38 valence electrons. The fourth-order valence-electron chi connectivity index (χ4n) is 0.230. The number of ether oxygens (including phenoxy) is 1. The van der Waals surface area contributed by atoms with Crippen molar-refractivity contribution in [3.8, 4) is 0 Å². The third kappa shape index (κ3) is 4.69. The van der Waals surface area contributed by atoms with E-state index in [0.717, 1.165) is 6.61 Å². The third-order valence-electron chi connectivity index (χ3n) is 0.396. The van der Waals surface area contributed by atoms with Gasteiger partial charge in [-0.1, -0.05) is 29.5 Å². The Bertz CT molecular complexity index is 28.7. The molecule has 0 bridgehead atoms. The number of rotatable bonds is 2. The maximum absolute atomic E-state index is 4.80. The van der Waals surface area contributed by atoms with E-state index in [0.29, 0.717) is 3.92 Å². The molecular weight excluding hydrogens is 191 g/mol. The van der Waals surface area contributed by atoms with E-state index in [1.807, 2.05) is 0 Å².